The van der Waals surface area contributed by atoms with Gasteiger partial charge in [-0.2, -0.15) is 0 Å². The van der Waals surface area contributed by atoms with Gasteiger partial charge >= 0.3 is 6.03 Å². The molecule has 0 atom stereocenters. The first-order chi connectivity index (χ1) is 7.66. The van der Waals surface area contributed by atoms with E-state index in [0.717, 1.165) is 5.56 Å². The highest BCUT2D eigenvalue weighted by Crippen LogP contribution is 2.19. The maximum Gasteiger partial charge on any atom is 0.317 e. The van der Waals surface area contributed by atoms with Crippen LogP contribution in [0.4, 0.5) is 13.6 Å². The summed E-state index contributed by atoms with van der Waals surface area (Å²) in [6.07, 6.45) is -2.44. The molecule has 0 radical (unpaired) electrons. The van der Waals surface area contributed by atoms with E-state index in [-0.39, 0.29) is 11.6 Å². The summed E-state index contributed by atoms with van der Waals surface area (Å²) in [4.78, 5) is 12.9. The van der Waals surface area contributed by atoms with Gasteiger partial charge in [-0.15, -0.1) is 0 Å². The molecular weight excluding hydrogens is 214 g/mol. The predicted octanol–water partition coefficient (Wildman–Crippen LogP) is 2.15. The second kappa shape index (κ2) is 4.47. The van der Waals surface area contributed by atoms with Gasteiger partial charge in [0.2, 0.25) is 0 Å². The fraction of sp³-hybridized carbons (Fsp3) is 0.364. The summed E-state index contributed by atoms with van der Waals surface area (Å²) < 4.78 is 24.6. The van der Waals surface area contributed by atoms with Crippen LogP contribution in [0.2, 0.25) is 0 Å². The van der Waals surface area contributed by atoms with Gasteiger partial charge in [0.25, 0.3) is 6.43 Å². The number of hydrogen-bond donors (Lipinski definition) is 1. The lowest BCUT2D eigenvalue weighted by molar-refractivity contribution is 0.151. The summed E-state index contributed by atoms with van der Waals surface area (Å²) in [5.41, 5.74) is 0.871. The number of urea groups is 1. The Hall–Kier alpha value is -1.65. The van der Waals surface area contributed by atoms with Crippen molar-refractivity contribution in [3.8, 4) is 0 Å². The zero-order valence-electron chi connectivity index (χ0n) is 8.62. The summed E-state index contributed by atoms with van der Waals surface area (Å²) in [5, 5.41) is 2.69. The van der Waals surface area contributed by atoms with Gasteiger partial charge in [-0.1, -0.05) is 24.3 Å². The first-order valence-electron chi connectivity index (χ1n) is 5.06. The lowest BCUT2D eigenvalue weighted by Crippen LogP contribution is -2.27. The average molecular weight is 226 g/mol. The zero-order valence-corrected chi connectivity index (χ0v) is 8.62. The number of carbonyl (C=O) groups is 1. The summed E-state index contributed by atoms with van der Waals surface area (Å²) in [7, 11) is 0. The van der Waals surface area contributed by atoms with Gasteiger partial charge in [-0.25, -0.2) is 13.6 Å². The molecule has 16 heavy (non-hydrogen) atoms. The van der Waals surface area contributed by atoms with E-state index < -0.39 is 6.43 Å². The highest BCUT2D eigenvalue weighted by Gasteiger charge is 2.19. The lowest BCUT2D eigenvalue weighted by atomic mass is 10.1. The van der Waals surface area contributed by atoms with Gasteiger partial charge in [0, 0.05) is 25.2 Å². The number of nitrogens with zero attached hydrogens (tertiary/aromatic N) is 1. The van der Waals surface area contributed by atoms with Gasteiger partial charge in [-0.05, 0) is 5.56 Å². The molecule has 0 aliphatic carbocycles. The van der Waals surface area contributed by atoms with Crippen molar-refractivity contribution in [2.75, 3.05) is 13.1 Å². The SMILES string of the molecule is O=C1NCCN1Cc1ccc(C(F)F)cc1. The second-order valence-corrected chi connectivity index (χ2v) is 3.70. The van der Waals surface area contributed by atoms with Crippen LogP contribution in [0, 0.1) is 0 Å². The number of amides is 2. The predicted molar refractivity (Wildman–Crippen MR) is 55.2 cm³/mol. The molecule has 1 heterocycles. The number of nitrogens with one attached hydrogen (secondary N) is 1. The van der Waals surface area contributed by atoms with Crippen LogP contribution >= 0.6 is 0 Å². The third kappa shape index (κ3) is 2.29. The molecule has 0 aromatic heterocycles. The van der Waals surface area contributed by atoms with Crippen molar-refractivity contribution >= 4 is 6.03 Å². The third-order valence-corrected chi connectivity index (χ3v) is 2.55. The molecule has 1 saturated heterocycles. The summed E-state index contributed by atoms with van der Waals surface area (Å²) in [5.74, 6) is 0. The number of benzene rings is 1. The maximum absolute atomic E-state index is 12.3. The summed E-state index contributed by atoms with van der Waals surface area (Å²) in [6, 6.07) is 5.96. The largest absolute Gasteiger partial charge is 0.336 e. The number of halogens is 2. The fourth-order valence-corrected chi connectivity index (χ4v) is 1.65. The molecule has 1 aromatic rings. The van der Waals surface area contributed by atoms with E-state index in [1.165, 1.54) is 12.1 Å². The van der Waals surface area contributed by atoms with Gasteiger partial charge in [0.1, 0.15) is 0 Å². The van der Waals surface area contributed by atoms with Crippen molar-refractivity contribution in [2.24, 2.45) is 0 Å². The van der Waals surface area contributed by atoms with Crippen LogP contribution in [-0.4, -0.2) is 24.0 Å². The van der Waals surface area contributed by atoms with Crippen LogP contribution in [0.25, 0.3) is 0 Å². The highest BCUT2D eigenvalue weighted by molar-refractivity contribution is 5.76. The van der Waals surface area contributed by atoms with Gasteiger partial charge < -0.3 is 10.2 Å². The number of carbonyl (C=O) groups excluding carboxylic acids is 1. The van der Waals surface area contributed by atoms with Gasteiger partial charge in [0.15, 0.2) is 0 Å². The molecule has 0 saturated carbocycles. The Kier molecular flexibility index (Phi) is 3.03. The van der Waals surface area contributed by atoms with Crippen molar-refractivity contribution < 1.29 is 13.6 Å². The van der Waals surface area contributed by atoms with Crippen LogP contribution in [0.1, 0.15) is 17.6 Å². The monoisotopic (exact) mass is 226 g/mol. The normalized spacial score (nSPS) is 15.7. The Balaban J connectivity index is 2.02. The molecule has 2 amide bonds. The Morgan fingerprint density at radius 2 is 2.00 bits per heavy atom. The number of alkyl halides is 2. The smallest absolute Gasteiger partial charge is 0.317 e. The second-order valence-electron chi connectivity index (χ2n) is 3.70. The van der Waals surface area contributed by atoms with E-state index in [9.17, 15) is 13.6 Å². The quantitative estimate of drug-likeness (QED) is 0.841. The Bertz CT molecular complexity index is 378. The highest BCUT2D eigenvalue weighted by atomic mass is 19.3. The summed E-state index contributed by atoms with van der Waals surface area (Å²) >= 11 is 0. The van der Waals surface area contributed by atoms with Crippen molar-refractivity contribution in [1.82, 2.24) is 10.2 Å². The molecular formula is C11H12F2N2O. The van der Waals surface area contributed by atoms with E-state index >= 15 is 0 Å². The fourth-order valence-electron chi connectivity index (χ4n) is 1.65. The Morgan fingerprint density at radius 3 is 2.50 bits per heavy atom. The van der Waals surface area contributed by atoms with Crippen molar-refractivity contribution in [3.63, 3.8) is 0 Å². The minimum Gasteiger partial charge on any atom is -0.336 e. The van der Waals surface area contributed by atoms with E-state index in [0.29, 0.717) is 19.6 Å². The molecule has 1 aromatic carbocycles. The molecule has 0 bridgehead atoms. The van der Waals surface area contributed by atoms with E-state index in [1.54, 1.807) is 17.0 Å². The van der Waals surface area contributed by atoms with E-state index in [1.807, 2.05) is 0 Å². The first kappa shape index (κ1) is 10.9. The van der Waals surface area contributed by atoms with Crippen LogP contribution in [0.15, 0.2) is 24.3 Å². The third-order valence-electron chi connectivity index (χ3n) is 2.55. The molecule has 1 aliphatic heterocycles. The molecule has 1 N–H and O–H groups in total. The summed E-state index contributed by atoms with van der Waals surface area (Å²) in [6.45, 7) is 1.78. The maximum atomic E-state index is 12.3. The van der Waals surface area contributed by atoms with Crippen LogP contribution in [0.3, 0.4) is 0 Å². The molecule has 86 valence electrons. The molecule has 0 spiro atoms. The zero-order chi connectivity index (χ0) is 11.5. The first-order valence-corrected chi connectivity index (χ1v) is 5.06. The van der Waals surface area contributed by atoms with Crippen LogP contribution in [-0.2, 0) is 6.54 Å². The molecule has 5 heteroatoms. The van der Waals surface area contributed by atoms with Crippen molar-refractivity contribution in [2.45, 2.75) is 13.0 Å². The average Bonchev–Trinajstić information content (AvgIpc) is 2.65. The van der Waals surface area contributed by atoms with Gasteiger partial charge in [0.05, 0.1) is 0 Å². The molecule has 1 fully saturated rings. The van der Waals surface area contributed by atoms with E-state index in [4.69, 9.17) is 0 Å². The molecule has 3 nitrogen and oxygen atoms in total. The standard InChI is InChI=1S/C11H12F2N2O/c12-10(13)9-3-1-8(2-4-9)7-15-6-5-14-11(15)16/h1-4,10H,5-7H2,(H,14,16). The minimum atomic E-state index is -2.44. The van der Waals surface area contributed by atoms with Crippen LogP contribution in [0.5, 0.6) is 0 Å². The topological polar surface area (TPSA) is 32.3 Å². The van der Waals surface area contributed by atoms with Gasteiger partial charge in [-0.3, -0.25) is 0 Å². The number of hydrogen-bond acceptors (Lipinski definition) is 1. The molecule has 1 aliphatic rings. The van der Waals surface area contributed by atoms with Crippen molar-refractivity contribution in [3.05, 3.63) is 35.4 Å². The number of rotatable bonds is 3. The van der Waals surface area contributed by atoms with Crippen LogP contribution < -0.4 is 5.32 Å². The molecule has 2 rings (SSSR count). The van der Waals surface area contributed by atoms with Crippen molar-refractivity contribution in [1.29, 1.82) is 0 Å². The Labute approximate surface area is 92.1 Å². The lowest BCUT2D eigenvalue weighted by Gasteiger charge is -2.14. The van der Waals surface area contributed by atoms with E-state index in [2.05, 4.69) is 5.32 Å². The minimum absolute atomic E-state index is 0.00891. The molecule has 0 unspecified atom stereocenters. The Morgan fingerprint density at radius 1 is 1.31 bits per heavy atom.